The van der Waals surface area contributed by atoms with Crippen LogP contribution in [0.1, 0.15) is 11.1 Å². The first kappa shape index (κ1) is 10.6. The average Bonchev–Trinajstić information content (AvgIpc) is 2.18. The second-order valence-electron chi connectivity index (χ2n) is 2.66. The van der Waals surface area contributed by atoms with Crippen LogP contribution in [0.15, 0.2) is 24.3 Å². The standard InChI is InChI=1S/C10H9NO2S/c11-5-8-3-1-2-4-9(8)6-14-7-10(12)13/h1-4H,6-7H2,(H,12,13). The molecule has 0 bridgehead atoms. The zero-order chi connectivity index (χ0) is 10.4. The van der Waals surface area contributed by atoms with Crippen molar-refractivity contribution in [3.8, 4) is 6.07 Å². The topological polar surface area (TPSA) is 61.1 Å². The summed E-state index contributed by atoms with van der Waals surface area (Å²) in [6.07, 6.45) is 0. The van der Waals surface area contributed by atoms with Crippen LogP contribution >= 0.6 is 11.8 Å². The van der Waals surface area contributed by atoms with Crippen LogP contribution in [0.5, 0.6) is 0 Å². The van der Waals surface area contributed by atoms with Crippen molar-refractivity contribution < 1.29 is 9.90 Å². The number of hydrogen-bond donors (Lipinski definition) is 1. The van der Waals surface area contributed by atoms with Gasteiger partial charge in [-0.1, -0.05) is 18.2 Å². The number of benzene rings is 1. The molecule has 1 aromatic rings. The number of rotatable bonds is 4. The Morgan fingerprint density at radius 3 is 2.86 bits per heavy atom. The molecule has 0 amide bonds. The van der Waals surface area contributed by atoms with Crippen molar-refractivity contribution in [1.82, 2.24) is 0 Å². The fourth-order valence-electron chi connectivity index (χ4n) is 1.00. The molecule has 14 heavy (non-hydrogen) atoms. The van der Waals surface area contributed by atoms with E-state index < -0.39 is 5.97 Å². The Kier molecular flexibility index (Phi) is 4.02. The summed E-state index contributed by atoms with van der Waals surface area (Å²) in [4.78, 5) is 10.3. The normalized spacial score (nSPS) is 9.36. The van der Waals surface area contributed by atoms with E-state index in [9.17, 15) is 4.79 Å². The third-order valence-corrected chi connectivity index (χ3v) is 2.59. The quantitative estimate of drug-likeness (QED) is 0.818. The van der Waals surface area contributed by atoms with Gasteiger partial charge in [0.05, 0.1) is 17.4 Å². The second-order valence-corrected chi connectivity index (χ2v) is 3.64. The van der Waals surface area contributed by atoms with E-state index in [-0.39, 0.29) is 5.75 Å². The van der Waals surface area contributed by atoms with Gasteiger partial charge in [-0.2, -0.15) is 5.26 Å². The first-order valence-electron chi connectivity index (χ1n) is 4.01. The maximum Gasteiger partial charge on any atom is 0.313 e. The number of thioether (sulfide) groups is 1. The van der Waals surface area contributed by atoms with Gasteiger partial charge in [0.25, 0.3) is 0 Å². The van der Waals surface area contributed by atoms with Crippen LogP contribution in [0.2, 0.25) is 0 Å². The molecule has 0 spiro atoms. The fourth-order valence-corrected chi connectivity index (χ4v) is 1.75. The lowest BCUT2D eigenvalue weighted by Crippen LogP contribution is -1.98. The van der Waals surface area contributed by atoms with Crippen LogP contribution in [0.25, 0.3) is 0 Å². The summed E-state index contributed by atoms with van der Waals surface area (Å²) in [6.45, 7) is 0. The summed E-state index contributed by atoms with van der Waals surface area (Å²) in [7, 11) is 0. The molecule has 0 saturated heterocycles. The first-order valence-corrected chi connectivity index (χ1v) is 5.17. The maximum absolute atomic E-state index is 10.3. The number of carboxylic acid groups (broad SMARTS) is 1. The molecule has 0 atom stereocenters. The summed E-state index contributed by atoms with van der Waals surface area (Å²) in [5.41, 5.74) is 1.51. The van der Waals surface area contributed by atoms with Gasteiger partial charge in [-0.3, -0.25) is 4.79 Å². The molecule has 1 rings (SSSR count). The zero-order valence-corrected chi connectivity index (χ0v) is 8.25. The molecular formula is C10H9NO2S. The summed E-state index contributed by atoms with van der Waals surface area (Å²) < 4.78 is 0. The number of carboxylic acids is 1. The number of hydrogen-bond acceptors (Lipinski definition) is 3. The molecule has 0 heterocycles. The van der Waals surface area contributed by atoms with Gasteiger partial charge in [-0.15, -0.1) is 11.8 Å². The molecule has 0 aliphatic heterocycles. The third kappa shape index (κ3) is 3.11. The van der Waals surface area contributed by atoms with Crippen LogP contribution in [-0.4, -0.2) is 16.8 Å². The van der Waals surface area contributed by atoms with E-state index >= 15 is 0 Å². The summed E-state index contributed by atoms with van der Waals surface area (Å²) in [5.74, 6) is -0.195. The Bertz CT molecular complexity index is 371. The highest BCUT2D eigenvalue weighted by atomic mass is 32.2. The number of nitriles is 1. The van der Waals surface area contributed by atoms with Gasteiger partial charge in [-0.25, -0.2) is 0 Å². The highest BCUT2D eigenvalue weighted by Crippen LogP contribution is 2.15. The predicted molar refractivity (Wildman–Crippen MR) is 55.0 cm³/mol. The molecule has 0 unspecified atom stereocenters. The minimum Gasteiger partial charge on any atom is -0.481 e. The van der Waals surface area contributed by atoms with Gasteiger partial charge in [0, 0.05) is 5.75 Å². The van der Waals surface area contributed by atoms with Gasteiger partial charge >= 0.3 is 5.97 Å². The summed E-state index contributed by atoms with van der Waals surface area (Å²) in [6, 6.07) is 9.29. The Morgan fingerprint density at radius 2 is 2.21 bits per heavy atom. The van der Waals surface area contributed by atoms with Crippen molar-refractivity contribution in [1.29, 1.82) is 5.26 Å². The number of aliphatic carboxylic acids is 1. The first-order chi connectivity index (χ1) is 6.74. The van der Waals surface area contributed by atoms with Crippen LogP contribution in [-0.2, 0) is 10.5 Å². The molecule has 0 aromatic heterocycles. The Morgan fingerprint density at radius 1 is 1.50 bits per heavy atom. The van der Waals surface area contributed by atoms with E-state index in [4.69, 9.17) is 10.4 Å². The molecule has 0 radical (unpaired) electrons. The van der Waals surface area contributed by atoms with E-state index in [2.05, 4.69) is 6.07 Å². The highest BCUT2D eigenvalue weighted by Gasteiger charge is 2.02. The number of carbonyl (C=O) groups is 1. The lowest BCUT2D eigenvalue weighted by atomic mass is 10.1. The SMILES string of the molecule is N#Cc1ccccc1CSCC(=O)O. The van der Waals surface area contributed by atoms with Crippen LogP contribution in [0.4, 0.5) is 0 Å². The molecular weight excluding hydrogens is 198 g/mol. The van der Waals surface area contributed by atoms with Gasteiger partial charge < -0.3 is 5.11 Å². The Balaban J connectivity index is 2.59. The lowest BCUT2D eigenvalue weighted by molar-refractivity contribution is -0.133. The molecule has 0 aliphatic rings. The van der Waals surface area contributed by atoms with Crippen molar-refractivity contribution in [2.24, 2.45) is 0 Å². The lowest BCUT2D eigenvalue weighted by Gasteiger charge is -2.01. The predicted octanol–water partition coefficient (Wildman–Crippen LogP) is 1.88. The zero-order valence-electron chi connectivity index (χ0n) is 7.43. The van der Waals surface area contributed by atoms with E-state index in [1.165, 1.54) is 11.8 Å². The largest absolute Gasteiger partial charge is 0.481 e. The molecule has 0 aliphatic carbocycles. The van der Waals surface area contributed by atoms with Crippen LogP contribution in [0, 0.1) is 11.3 Å². The molecule has 0 saturated carbocycles. The van der Waals surface area contributed by atoms with E-state index in [0.29, 0.717) is 11.3 Å². The molecule has 1 N–H and O–H groups in total. The monoisotopic (exact) mass is 207 g/mol. The minimum absolute atomic E-state index is 0.0692. The minimum atomic E-state index is -0.829. The molecule has 72 valence electrons. The van der Waals surface area contributed by atoms with E-state index in [1.54, 1.807) is 12.1 Å². The van der Waals surface area contributed by atoms with Crippen molar-refractivity contribution in [2.75, 3.05) is 5.75 Å². The van der Waals surface area contributed by atoms with Gasteiger partial charge in [0.1, 0.15) is 0 Å². The van der Waals surface area contributed by atoms with Crippen molar-refractivity contribution in [3.63, 3.8) is 0 Å². The second kappa shape index (κ2) is 5.30. The van der Waals surface area contributed by atoms with Crippen molar-refractivity contribution >= 4 is 17.7 Å². The molecule has 1 aromatic carbocycles. The Hall–Kier alpha value is -1.47. The average molecular weight is 207 g/mol. The fraction of sp³-hybridized carbons (Fsp3) is 0.200. The summed E-state index contributed by atoms with van der Waals surface area (Å²) >= 11 is 1.29. The maximum atomic E-state index is 10.3. The van der Waals surface area contributed by atoms with E-state index in [1.807, 2.05) is 12.1 Å². The Labute approximate surface area is 86.4 Å². The van der Waals surface area contributed by atoms with Crippen molar-refractivity contribution in [3.05, 3.63) is 35.4 Å². The van der Waals surface area contributed by atoms with E-state index in [0.717, 1.165) is 5.56 Å². The molecule has 3 nitrogen and oxygen atoms in total. The van der Waals surface area contributed by atoms with Crippen molar-refractivity contribution in [2.45, 2.75) is 5.75 Å². The number of nitrogens with zero attached hydrogens (tertiary/aromatic N) is 1. The highest BCUT2D eigenvalue weighted by molar-refractivity contribution is 7.99. The van der Waals surface area contributed by atoms with Gasteiger partial charge in [0.15, 0.2) is 0 Å². The molecule has 4 heteroatoms. The van der Waals surface area contributed by atoms with Gasteiger partial charge in [-0.05, 0) is 11.6 Å². The van der Waals surface area contributed by atoms with Gasteiger partial charge in [0.2, 0.25) is 0 Å². The van der Waals surface area contributed by atoms with Crippen LogP contribution < -0.4 is 0 Å². The summed E-state index contributed by atoms with van der Waals surface area (Å²) in [5, 5.41) is 17.2. The third-order valence-electron chi connectivity index (χ3n) is 1.62. The smallest absolute Gasteiger partial charge is 0.313 e. The van der Waals surface area contributed by atoms with Crippen LogP contribution in [0.3, 0.4) is 0 Å². The molecule has 0 fully saturated rings.